The lowest BCUT2D eigenvalue weighted by Gasteiger charge is -2.39. The predicted molar refractivity (Wildman–Crippen MR) is 99.8 cm³/mol. The summed E-state index contributed by atoms with van der Waals surface area (Å²) < 4.78 is 11.8. The largest absolute Gasteiger partial charge is 0.454 e. The van der Waals surface area contributed by atoms with Gasteiger partial charge in [-0.15, -0.1) is 0 Å². The third kappa shape index (κ3) is 2.57. The number of carbonyl (C=O) groups is 2. The molecule has 27 heavy (non-hydrogen) atoms. The molecule has 0 bridgehead atoms. The minimum Gasteiger partial charge on any atom is -0.454 e. The van der Waals surface area contributed by atoms with E-state index < -0.39 is 18.2 Å². The number of fused-ring (bicyclic) bond motifs is 2. The molecule has 2 saturated carbocycles. The number of hydrogen-bond acceptors (Lipinski definition) is 5. The van der Waals surface area contributed by atoms with Gasteiger partial charge in [0, 0.05) is 12.8 Å². The molecule has 4 rings (SSSR count). The van der Waals surface area contributed by atoms with Gasteiger partial charge in [0.15, 0.2) is 11.9 Å². The smallest absolute Gasteiger partial charge is 0.303 e. The van der Waals surface area contributed by atoms with Crippen LogP contribution in [0.5, 0.6) is 0 Å². The van der Waals surface area contributed by atoms with E-state index in [1.165, 1.54) is 12.5 Å². The second kappa shape index (κ2) is 6.15. The minimum atomic E-state index is -0.691. The molecule has 150 valence electrons. The van der Waals surface area contributed by atoms with Crippen molar-refractivity contribution < 1.29 is 24.2 Å². The van der Waals surface area contributed by atoms with Crippen LogP contribution in [-0.4, -0.2) is 41.8 Å². The molecule has 1 N–H and O–H groups in total. The van der Waals surface area contributed by atoms with E-state index in [2.05, 4.69) is 27.7 Å². The Hall–Kier alpha value is -1.20. The van der Waals surface area contributed by atoms with Gasteiger partial charge in [-0.1, -0.05) is 27.7 Å². The van der Waals surface area contributed by atoms with Crippen molar-refractivity contribution in [1.82, 2.24) is 0 Å². The Balaban J connectivity index is 1.84. The van der Waals surface area contributed by atoms with E-state index in [0.29, 0.717) is 6.61 Å². The number of ketones is 1. The standard InChI is InChI=1S/C22H32O5/c1-11(2)15-20(27-12(3)23)18(25)17-19-16-13(10-26-19)14(24)6-7-21(16,4)8-9-22(15,17)5/h11,14-15,17,19-20,24H,6-10H2,1-5H3/t14-,15-,17+,19+,20+,21-,22+/m0/s1. The van der Waals surface area contributed by atoms with Gasteiger partial charge in [-0.3, -0.25) is 9.59 Å². The number of aliphatic hydroxyl groups excluding tert-OH is 1. The summed E-state index contributed by atoms with van der Waals surface area (Å²) in [6, 6.07) is 0. The molecule has 0 aromatic heterocycles. The van der Waals surface area contributed by atoms with Crippen LogP contribution in [0.25, 0.3) is 0 Å². The molecule has 5 heteroatoms. The van der Waals surface area contributed by atoms with Crippen molar-refractivity contribution in [3.8, 4) is 0 Å². The van der Waals surface area contributed by atoms with Gasteiger partial charge in [0.2, 0.25) is 0 Å². The monoisotopic (exact) mass is 376 g/mol. The van der Waals surface area contributed by atoms with Gasteiger partial charge in [0.25, 0.3) is 0 Å². The Morgan fingerprint density at radius 2 is 1.96 bits per heavy atom. The number of ether oxygens (including phenoxy) is 2. The van der Waals surface area contributed by atoms with E-state index in [9.17, 15) is 14.7 Å². The van der Waals surface area contributed by atoms with E-state index in [1.54, 1.807) is 0 Å². The third-order valence-corrected chi connectivity index (χ3v) is 7.99. The molecule has 1 heterocycles. The number of rotatable bonds is 2. The molecule has 0 unspecified atom stereocenters. The van der Waals surface area contributed by atoms with Crippen LogP contribution in [-0.2, 0) is 19.1 Å². The zero-order valence-electron chi connectivity index (χ0n) is 17.1. The van der Waals surface area contributed by atoms with Crippen molar-refractivity contribution in [2.24, 2.45) is 28.6 Å². The zero-order valence-corrected chi connectivity index (χ0v) is 17.1. The van der Waals surface area contributed by atoms with Gasteiger partial charge in [-0.05, 0) is 53.6 Å². The Morgan fingerprint density at radius 1 is 1.26 bits per heavy atom. The molecule has 5 nitrogen and oxygen atoms in total. The molecule has 2 fully saturated rings. The lowest BCUT2D eigenvalue weighted by Crippen LogP contribution is -2.40. The maximum atomic E-state index is 13.6. The first kappa shape index (κ1) is 19.1. The highest BCUT2D eigenvalue weighted by Gasteiger charge is 2.66. The SMILES string of the molecule is CC(=O)O[C@H]1C(=O)[C@@H]2[C@@H]3OCC4=C3[C@@](C)(CC[C@@H]4O)CC[C@]2(C)[C@H]1C(C)C. The fraction of sp³-hybridized carbons (Fsp3) is 0.818. The lowest BCUT2D eigenvalue weighted by atomic mass is 9.66. The molecule has 0 saturated heterocycles. The van der Waals surface area contributed by atoms with Crippen molar-refractivity contribution in [1.29, 1.82) is 0 Å². The first-order valence-electron chi connectivity index (χ1n) is 10.3. The summed E-state index contributed by atoms with van der Waals surface area (Å²) in [5, 5.41) is 10.5. The number of esters is 1. The highest BCUT2D eigenvalue weighted by molar-refractivity contribution is 5.92. The second-order valence-corrected chi connectivity index (χ2v) is 9.97. The minimum absolute atomic E-state index is 0.00876. The normalized spacial score (nSPS) is 46.3. The zero-order chi connectivity index (χ0) is 19.7. The van der Waals surface area contributed by atoms with E-state index in [0.717, 1.165) is 31.3 Å². The van der Waals surface area contributed by atoms with Gasteiger partial charge in [-0.25, -0.2) is 0 Å². The van der Waals surface area contributed by atoms with Crippen molar-refractivity contribution in [2.75, 3.05) is 6.61 Å². The average molecular weight is 376 g/mol. The van der Waals surface area contributed by atoms with Gasteiger partial charge >= 0.3 is 5.97 Å². The molecule has 0 radical (unpaired) electrons. The van der Waals surface area contributed by atoms with Crippen molar-refractivity contribution >= 4 is 11.8 Å². The van der Waals surface area contributed by atoms with Gasteiger partial charge in [0.1, 0.15) is 0 Å². The molecular weight excluding hydrogens is 344 g/mol. The van der Waals surface area contributed by atoms with Crippen molar-refractivity contribution in [3.63, 3.8) is 0 Å². The molecule has 0 amide bonds. The summed E-state index contributed by atoms with van der Waals surface area (Å²) in [6.07, 6.45) is 2.16. The molecule has 1 aliphatic heterocycles. The summed E-state index contributed by atoms with van der Waals surface area (Å²) in [5.74, 6) is -0.491. The maximum Gasteiger partial charge on any atom is 0.303 e. The summed E-state index contributed by atoms with van der Waals surface area (Å²) in [7, 11) is 0. The average Bonchev–Trinajstić information content (AvgIpc) is 3.06. The van der Waals surface area contributed by atoms with Gasteiger partial charge < -0.3 is 14.6 Å². The van der Waals surface area contributed by atoms with Crippen LogP contribution in [0.4, 0.5) is 0 Å². The van der Waals surface area contributed by atoms with E-state index in [4.69, 9.17) is 9.47 Å². The van der Waals surface area contributed by atoms with E-state index >= 15 is 0 Å². The van der Waals surface area contributed by atoms with Crippen molar-refractivity contribution in [3.05, 3.63) is 11.1 Å². The number of carbonyl (C=O) groups excluding carboxylic acids is 2. The summed E-state index contributed by atoms with van der Waals surface area (Å²) in [4.78, 5) is 25.3. The summed E-state index contributed by atoms with van der Waals surface area (Å²) in [6.45, 7) is 10.5. The summed E-state index contributed by atoms with van der Waals surface area (Å²) in [5.41, 5.74) is 1.89. The van der Waals surface area contributed by atoms with Crippen LogP contribution in [0, 0.1) is 28.6 Å². The number of aliphatic hydroxyl groups is 1. The Kier molecular flexibility index (Phi) is 4.36. The van der Waals surface area contributed by atoms with Crippen LogP contribution in [0.1, 0.15) is 60.3 Å². The van der Waals surface area contributed by atoms with Gasteiger partial charge in [0.05, 0.1) is 24.7 Å². The third-order valence-electron chi connectivity index (χ3n) is 7.99. The fourth-order valence-electron chi connectivity index (χ4n) is 6.83. The molecule has 0 aromatic carbocycles. The van der Waals surface area contributed by atoms with E-state index in [-0.39, 0.29) is 40.5 Å². The quantitative estimate of drug-likeness (QED) is 0.592. The van der Waals surface area contributed by atoms with Crippen LogP contribution in [0.2, 0.25) is 0 Å². The van der Waals surface area contributed by atoms with Crippen LogP contribution in [0.3, 0.4) is 0 Å². The Morgan fingerprint density at radius 3 is 2.59 bits per heavy atom. The van der Waals surface area contributed by atoms with Crippen LogP contribution >= 0.6 is 0 Å². The number of hydrogen-bond donors (Lipinski definition) is 1. The molecule has 7 atom stereocenters. The predicted octanol–water partition coefficient (Wildman–Crippen LogP) is 3.05. The van der Waals surface area contributed by atoms with Crippen molar-refractivity contribution in [2.45, 2.75) is 78.6 Å². The molecule has 3 aliphatic carbocycles. The first-order valence-corrected chi connectivity index (χ1v) is 10.3. The fourth-order valence-corrected chi connectivity index (χ4v) is 6.83. The maximum absolute atomic E-state index is 13.6. The van der Waals surface area contributed by atoms with E-state index in [1.807, 2.05) is 0 Å². The molecule has 4 aliphatic rings. The molecule has 0 spiro atoms. The van der Waals surface area contributed by atoms with Crippen LogP contribution < -0.4 is 0 Å². The number of Topliss-reactive ketones (excluding diaryl/α,β-unsaturated/α-hetero) is 1. The topological polar surface area (TPSA) is 72.8 Å². The molecule has 0 aromatic rings. The van der Waals surface area contributed by atoms with Gasteiger partial charge in [-0.2, -0.15) is 0 Å². The van der Waals surface area contributed by atoms with Crippen LogP contribution in [0.15, 0.2) is 11.1 Å². The first-order chi connectivity index (χ1) is 12.6. The highest BCUT2D eigenvalue weighted by Crippen LogP contribution is 2.63. The second-order valence-electron chi connectivity index (χ2n) is 9.97. The summed E-state index contributed by atoms with van der Waals surface area (Å²) >= 11 is 0. The molecular formula is C22H32O5. The Labute approximate surface area is 161 Å². The Bertz CT molecular complexity index is 709. The lowest BCUT2D eigenvalue weighted by molar-refractivity contribution is -0.155. The highest BCUT2D eigenvalue weighted by atomic mass is 16.5.